The van der Waals surface area contributed by atoms with Gasteiger partial charge in [0.2, 0.25) is 0 Å². The van der Waals surface area contributed by atoms with E-state index in [1.165, 1.54) is 37.7 Å². The average Bonchev–Trinajstić information content (AvgIpc) is 2.17. The van der Waals surface area contributed by atoms with Gasteiger partial charge in [-0.2, -0.15) is 0 Å². The maximum Gasteiger partial charge on any atom is -0.0342 e. The molecule has 0 saturated carbocycles. The first-order chi connectivity index (χ1) is 7.06. The number of hydrogen-bond donors (Lipinski definition) is 0. The van der Waals surface area contributed by atoms with Crippen LogP contribution in [0.1, 0.15) is 59.8 Å². The van der Waals surface area contributed by atoms with Gasteiger partial charge in [-0.3, -0.25) is 0 Å². The molecule has 0 saturated heterocycles. The van der Waals surface area contributed by atoms with Gasteiger partial charge in [0, 0.05) is 0 Å². The molecule has 0 radical (unpaired) electrons. The molecule has 0 aliphatic heterocycles. The Morgan fingerprint density at radius 1 is 1.13 bits per heavy atom. The van der Waals surface area contributed by atoms with Crippen molar-refractivity contribution >= 4 is 0 Å². The van der Waals surface area contributed by atoms with Crippen LogP contribution in [0.2, 0.25) is 0 Å². The second-order valence-electron chi connectivity index (χ2n) is 5.16. The predicted molar refractivity (Wildman–Crippen MR) is 71.0 cm³/mol. The molecule has 0 heterocycles. The van der Waals surface area contributed by atoms with Crippen molar-refractivity contribution in [2.24, 2.45) is 11.8 Å². The summed E-state index contributed by atoms with van der Waals surface area (Å²) >= 11 is 0. The topological polar surface area (TPSA) is 0 Å². The zero-order chi connectivity index (χ0) is 11.7. The van der Waals surface area contributed by atoms with Crippen molar-refractivity contribution in [3.63, 3.8) is 0 Å². The van der Waals surface area contributed by atoms with Crippen molar-refractivity contribution < 1.29 is 0 Å². The molecule has 0 aromatic heterocycles. The van der Waals surface area contributed by atoms with Gasteiger partial charge in [-0.15, -0.1) is 0 Å². The third-order valence-electron chi connectivity index (χ3n) is 2.93. The Morgan fingerprint density at radius 3 is 2.33 bits per heavy atom. The van der Waals surface area contributed by atoms with Crippen molar-refractivity contribution in [1.29, 1.82) is 0 Å². The summed E-state index contributed by atoms with van der Waals surface area (Å²) in [6.45, 7) is 12.9. The van der Waals surface area contributed by atoms with Crippen molar-refractivity contribution in [2.45, 2.75) is 59.8 Å². The van der Waals surface area contributed by atoms with E-state index in [1.807, 2.05) is 6.08 Å². The van der Waals surface area contributed by atoms with Gasteiger partial charge < -0.3 is 0 Å². The summed E-state index contributed by atoms with van der Waals surface area (Å²) in [6.07, 6.45) is 10.9. The lowest BCUT2D eigenvalue weighted by Crippen LogP contribution is -1.96. The molecule has 0 aromatic carbocycles. The Balaban J connectivity index is 3.49. The first-order valence-corrected chi connectivity index (χ1v) is 6.35. The summed E-state index contributed by atoms with van der Waals surface area (Å²) in [6, 6.07) is 0. The molecule has 0 N–H and O–H groups in total. The van der Waals surface area contributed by atoms with Crippen LogP contribution in [0.15, 0.2) is 24.3 Å². The first-order valence-electron chi connectivity index (χ1n) is 6.35. The largest absolute Gasteiger partial charge is 0.0988 e. The van der Waals surface area contributed by atoms with Crippen LogP contribution in [0.25, 0.3) is 0 Å². The van der Waals surface area contributed by atoms with E-state index in [4.69, 9.17) is 0 Å². The molecule has 0 fully saturated rings. The lowest BCUT2D eigenvalue weighted by Gasteiger charge is -2.10. The molecular formula is C15H28. The monoisotopic (exact) mass is 208 g/mol. The summed E-state index contributed by atoms with van der Waals surface area (Å²) in [5.74, 6) is 1.73. The molecule has 0 heteroatoms. The zero-order valence-electron chi connectivity index (χ0n) is 11.1. The minimum Gasteiger partial charge on any atom is -0.0988 e. The normalized spacial score (nSPS) is 14.3. The SMILES string of the molecule is C=C/C(C)=C/CCC(C)CCCC(C)C. The molecule has 15 heavy (non-hydrogen) atoms. The fourth-order valence-corrected chi connectivity index (χ4v) is 1.70. The zero-order valence-corrected chi connectivity index (χ0v) is 11.1. The molecule has 0 bridgehead atoms. The molecule has 1 atom stereocenters. The third-order valence-corrected chi connectivity index (χ3v) is 2.93. The highest BCUT2D eigenvalue weighted by Gasteiger charge is 2.01. The number of rotatable bonds is 8. The van der Waals surface area contributed by atoms with Crippen LogP contribution in [0, 0.1) is 11.8 Å². The summed E-state index contributed by atoms with van der Waals surface area (Å²) in [5.41, 5.74) is 1.31. The maximum atomic E-state index is 3.76. The van der Waals surface area contributed by atoms with Gasteiger partial charge in [-0.05, 0) is 31.6 Å². The molecule has 88 valence electrons. The van der Waals surface area contributed by atoms with Gasteiger partial charge in [0.1, 0.15) is 0 Å². The summed E-state index contributed by atoms with van der Waals surface area (Å²) in [7, 11) is 0. The van der Waals surface area contributed by atoms with Gasteiger partial charge in [-0.25, -0.2) is 0 Å². The van der Waals surface area contributed by atoms with Gasteiger partial charge >= 0.3 is 0 Å². The van der Waals surface area contributed by atoms with Gasteiger partial charge in [0.25, 0.3) is 0 Å². The fourth-order valence-electron chi connectivity index (χ4n) is 1.70. The number of allylic oxidation sites excluding steroid dienone is 3. The Kier molecular flexibility index (Phi) is 8.46. The Labute approximate surface area is 96.5 Å². The molecule has 0 aliphatic rings. The molecule has 1 unspecified atom stereocenters. The molecule has 0 amide bonds. The van der Waals surface area contributed by atoms with Gasteiger partial charge in [-0.1, -0.05) is 64.3 Å². The smallest absolute Gasteiger partial charge is 0.0342 e. The molecular weight excluding hydrogens is 180 g/mol. The first kappa shape index (κ1) is 14.5. The maximum absolute atomic E-state index is 3.76. The van der Waals surface area contributed by atoms with Crippen molar-refractivity contribution in [1.82, 2.24) is 0 Å². The van der Waals surface area contributed by atoms with Crippen LogP contribution in [0.5, 0.6) is 0 Å². The molecule has 0 aliphatic carbocycles. The molecule has 0 rings (SSSR count). The minimum absolute atomic E-state index is 0.861. The fraction of sp³-hybridized carbons (Fsp3) is 0.733. The number of hydrogen-bond acceptors (Lipinski definition) is 0. The van der Waals surface area contributed by atoms with Crippen LogP contribution < -0.4 is 0 Å². The molecule has 0 spiro atoms. The Morgan fingerprint density at radius 2 is 1.80 bits per heavy atom. The summed E-state index contributed by atoms with van der Waals surface area (Å²) in [4.78, 5) is 0. The highest BCUT2D eigenvalue weighted by molar-refractivity contribution is 5.12. The highest BCUT2D eigenvalue weighted by atomic mass is 14.1. The van der Waals surface area contributed by atoms with Crippen LogP contribution >= 0.6 is 0 Å². The van der Waals surface area contributed by atoms with Crippen molar-refractivity contribution in [2.75, 3.05) is 0 Å². The van der Waals surface area contributed by atoms with E-state index in [2.05, 4.69) is 40.3 Å². The van der Waals surface area contributed by atoms with E-state index in [-0.39, 0.29) is 0 Å². The Bertz CT molecular complexity index is 186. The van der Waals surface area contributed by atoms with E-state index < -0.39 is 0 Å². The minimum atomic E-state index is 0.861. The van der Waals surface area contributed by atoms with Crippen LogP contribution in [0.3, 0.4) is 0 Å². The van der Waals surface area contributed by atoms with E-state index in [1.54, 1.807) is 0 Å². The van der Waals surface area contributed by atoms with E-state index >= 15 is 0 Å². The van der Waals surface area contributed by atoms with E-state index in [0.29, 0.717) is 0 Å². The summed E-state index contributed by atoms with van der Waals surface area (Å²) < 4.78 is 0. The molecule has 0 nitrogen and oxygen atoms in total. The van der Waals surface area contributed by atoms with E-state index in [0.717, 1.165) is 11.8 Å². The van der Waals surface area contributed by atoms with Gasteiger partial charge in [0.15, 0.2) is 0 Å². The standard InChI is InChI=1S/C15H28/c1-6-14(4)10-8-12-15(5)11-7-9-13(2)3/h6,10,13,15H,1,7-9,11-12H2,2-5H3/b14-10+. The highest BCUT2D eigenvalue weighted by Crippen LogP contribution is 2.17. The Hall–Kier alpha value is -0.520. The van der Waals surface area contributed by atoms with Crippen LogP contribution in [-0.4, -0.2) is 0 Å². The quantitative estimate of drug-likeness (QED) is 0.471. The van der Waals surface area contributed by atoms with Crippen LogP contribution in [-0.2, 0) is 0 Å². The summed E-state index contributed by atoms with van der Waals surface area (Å²) in [5, 5.41) is 0. The average molecular weight is 208 g/mol. The third kappa shape index (κ3) is 9.78. The van der Waals surface area contributed by atoms with Gasteiger partial charge in [0.05, 0.1) is 0 Å². The van der Waals surface area contributed by atoms with Crippen LogP contribution in [0.4, 0.5) is 0 Å². The van der Waals surface area contributed by atoms with Crippen molar-refractivity contribution in [3.8, 4) is 0 Å². The second-order valence-corrected chi connectivity index (χ2v) is 5.16. The van der Waals surface area contributed by atoms with Crippen molar-refractivity contribution in [3.05, 3.63) is 24.3 Å². The second kappa shape index (κ2) is 8.76. The van der Waals surface area contributed by atoms with E-state index in [9.17, 15) is 0 Å². The lowest BCUT2D eigenvalue weighted by atomic mass is 9.96. The molecule has 0 aromatic rings. The predicted octanol–water partition coefficient (Wildman–Crippen LogP) is 5.36. The lowest BCUT2D eigenvalue weighted by molar-refractivity contribution is 0.439.